The minimum absolute atomic E-state index is 0.506. The fourth-order valence-electron chi connectivity index (χ4n) is 2.56. The van der Waals surface area contributed by atoms with Crippen LogP contribution in [0.5, 0.6) is 0 Å². The van der Waals surface area contributed by atoms with Gasteiger partial charge in [-0.2, -0.15) is 0 Å². The van der Waals surface area contributed by atoms with Crippen molar-refractivity contribution in [3.8, 4) is 10.6 Å². The molecular weight excluding hydrogens is 276 g/mol. The van der Waals surface area contributed by atoms with E-state index >= 15 is 0 Å². The molecule has 0 spiro atoms. The maximum absolute atomic E-state index is 4.81. The predicted octanol–water partition coefficient (Wildman–Crippen LogP) is 5.56. The van der Waals surface area contributed by atoms with Crippen molar-refractivity contribution in [2.75, 3.05) is 5.32 Å². The Hall–Kier alpha value is -1.87. The van der Waals surface area contributed by atoms with Gasteiger partial charge in [-0.3, -0.25) is 0 Å². The second-order valence-electron chi connectivity index (χ2n) is 5.21. The lowest BCUT2D eigenvalue weighted by Gasteiger charge is -2.18. The Morgan fingerprint density at radius 2 is 1.90 bits per heavy atom. The molecule has 0 unspecified atom stereocenters. The smallest absolute Gasteiger partial charge is 0.0829 e. The highest BCUT2D eigenvalue weighted by atomic mass is 32.1. The summed E-state index contributed by atoms with van der Waals surface area (Å²) < 4.78 is 0. The van der Waals surface area contributed by atoms with E-state index in [4.69, 9.17) is 4.98 Å². The Balaban J connectivity index is 2.11. The third-order valence-electron chi connectivity index (χ3n) is 3.84. The van der Waals surface area contributed by atoms with Gasteiger partial charge >= 0.3 is 0 Å². The van der Waals surface area contributed by atoms with E-state index in [0.29, 0.717) is 6.04 Å². The number of aromatic nitrogens is 1. The van der Waals surface area contributed by atoms with Crippen LogP contribution >= 0.6 is 11.3 Å². The number of rotatable bonds is 5. The molecule has 0 atom stereocenters. The molecule has 1 aromatic carbocycles. The highest BCUT2D eigenvalue weighted by Gasteiger charge is 2.10. The maximum atomic E-state index is 4.81. The summed E-state index contributed by atoms with van der Waals surface area (Å²) in [6.07, 6.45) is 2.25. The molecule has 0 radical (unpaired) electrons. The highest BCUT2D eigenvalue weighted by molar-refractivity contribution is 7.13. The zero-order valence-electron chi connectivity index (χ0n) is 12.5. The van der Waals surface area contributed by atoms with Crippen molar-refractivity contribution in [3.05, 3.63) is 47.8 Å². The first-order chi connectivity index (χ1) is 10.3. The van der Waals surface area contributed by atoms with Crippen molar-refractivity contribution in [1.29, 1.82) is 0 Å². The zero-order chi connectivity index (χ0) is 14.7. The SMILES string of the molecule is CCC(CC)Nc1cc(-c2cccs2)nc2ccccc12. The number of pyridine rings is 1. The van der Waals surface area contributed by atoms with Crippen molar-refractivity contribution in [2.45, 2.75) is 32.7 Å². The number of hydrogen-bond donors (Lipinski definition) is 1. The molecule has 0 aliphatic rings. The van der Waals surface area contributed by atoms with Gasteiger partial charge in [0.15, 0.2) is 0 Å². The van der Waals surface area contributed by atoms with Gasteiger partial charge in [0.25, 0.3) is 0 Å². The van der Waals surface area contributed by atoms with Crippen molar-refractivity contribution in [2.24, 2.45) is 0 Å². The zero-order valence-corrected chi connectivity index (χ0v) is 13.3. The van der Waals surface area contributed by atoms with Crippen LogP contribution in [0.1, 0.15) is 26.7 Å². The molecule has 2 nitrogen and oxygen atoms in total. The maximum Gasteiger partial charge on any atom is 0.0829 e. The summed E-state index contributed by atoms with van der Waals surface area (Å²) in [6, 6.07) is 15.3. The Morgan fingerprint density at radius 3 is 2.62 bits per heavy atom. The summed E-state index contributed by atoms with van der Waals surface area (Å²) in [7, 11) is 0. The summed E-state index contributed by atoms with van der Waals surface area (Å²) in [5.74, 6) is 0. The van der Waals surface area contributed by atoms with E-state index in [9.17, 15) is 0 Å². The summed E-state index contributed by atoms with van der Waals surface area (Å²) in [5, 5.41) is 6.98. The lowest BCUT2D eigenvalue weighted by Crippen LogP contribution is -2.17. The summed E-state index contributed by atoms with van der Waals surface area (Å²) in [4.78, 5) is 6.02. The Kier molecular flexibility index (Phi) is 4.20. The number of nitrogens with zero attached hydrogens (tertiary/aromatic N) is 1. The first-order valence-corrected chi connectivity index (χ1v) is 8.40. The fourth-order valence-corrected chi connectivity index (χ4v) is 3.24. The number of hydrogen-bond acceptors (Lipinski definition) is 3. The molecule has 3 rings (SSSR count). The molecule has 21 heavy (non-hydrogen) atoms. The van der Waals surface area contributed by atoms with E-state index in [1.165, 1.54) is 16.0 Å². The molecule has 0 aliphatic heterocycles. The standard InChI is InChI=1S/C18H20N2S/c1-3-13(4-2)19-16-12-17(18-10-7-11-21-18)20-15-9-6-5-8-14(15)16/h5-13H,3-4H2,1-2H3,(H,19,20). The summed E-state index contributed by atoms with van der Waals surface area (Å²) in [6.45, 7) is 4.45. The third-order valence-corrected chi connectivity index (χ3v) is 4.73. The molecule has 1 N–H and O–H groups in total. The van der Waals surface area contributed by atoms with E-state index < -0.39 is 0 Å². The molecule has 0 aliphatic carbocycles. The second kappa shape index (κ2) is 6.27. The van der Waals surface area contributed by atoms with Gasteiger partial charge in [-0.15, -0.1) is 11.3 Å². The van der Waals surface area contributed by atoms with Crippen molar-refractivity contribution in [1.82, 2.24) is 4.98 Å². The van der Waals surface area contributed by atoms with E-state index in [0.717, 1.165) is 24.1 Å². The predicted molar refractivity (Wildman–Crippen MR) is 93.0 cm³/mol. The van der Waals surface area contributed by atoms with E-state index in [2.05, 4.69) is 67.0 Å². The molecule has 0 fully saturated rings. The van der Waals surface area contributed by atoms with Gasteiger partial charge in [0.2, 0.25) is 0 Å². The Morgan fingerprint density at radius 1 is 1.10 bits per heavy atom. The molecule has 3 heteroatoms. The van der Waals surface area contributed by atoms with Crippen LogP contribution in [0, 0.1) is 0 Å². The largest absolute Gasteiger partial charge is 0.382 e. The lowest BCUT2D eigenvalue weighted by atomic mass is 10.1. The molecular formula is C18H20N2S. The van der Waals surface area contributed by atoms with Crippen LogP contribution in [0.3, 0.4) is 0 Å². The van der Waals surface area contributed by atoms with Crippen LogP contribution in [0.4, 0.5) is 5.69 Å². The average Bonchev–Trinajstić information content (AvgIpc) is 3.06. The Labute approximate surface area is 129 Å². The summed E-state index contributed by atoms with van der Waals surface area (Å²) in [5.41, 5.74) is 3.30. The van der Waals surface area contributed by atoms with Gasteiger partial charge in [0.1, 0.15) is 0 Å². The van der Waals surface area contributed by atoms with E-state index in [-0.39, 0.29) is 0 Å². The van der Waals surface area contributed by atoms with Crippen LogP contribution < -0.4 is 5.32 Å². The molecule has 0 saturated carbocycles. The summed E-state index contributed by atoms with van der Waals surface area (Å²) >= 11 is 1.73. The van der Waals surface area contributed by atoms with Gasteiger partial charge < -0.3 is 5.32 Å². The number of anilines is 1. The monoisotopic (exact) mass is 296 g/mol. The molecule has 3 aromatic rings. The molecule has 2 heterocycles. The lowest BCUT2D eigenvalue weighted by molar-refractivity contribution is 0.672. The fraction of sp³-hybridized carbons (Fsp3) is 0.278. The van der Waals surface area contributed by atoms with Gasteiger partial charge in [-0.1, -0.05) is 38.1 Å². The third kappa shape index (κ3) is 2.93. The quantitative estimate of drug-likeness (QED) is 0.666. The van der Waals surface area contributed by atoms with Crippen LogP contribution in [0.25, 0.3) is 21.5 Å². The molecule has 2 aromatic heterocycles. The minimum atomic E-state index is 0.506. The minimum Gasteiger partial charge on any atom is -0.382 e. The number of fused-ring (bicyclic) bond motifs is 1. The first-order valence-electron chi connectivity index (χ1n) is 7.52. The highest BCUT2D eigenvalue weighted by Crippen LogP contribution is 2.31. The number of nitrogens with one attached hydrogen (secondary N) is 1. The number of benzene rings is 1. The number of thiophene rings is 1. The normalized spacial score (nSPS) is 11.2. The average molecular weight is 296 g/mol. The molecule has 0 amide bonds. The van der Waals surface area contributed by atoms with Gasteiger partial charge in [-0.25, -0.2) is 4.98 Å². The van der Waals surface area contributed by atoms with Crippen molar-refractivity contribution in [3.63, 3.8) is 0 Å². The second-order valence-corrected chi connectivity index (χ2v) is 6.15. The van der Waals surface area contributed by atoms with Gasteiger partial charge in [0.05, 0.1) is 16.1 Å². The topological polar surface area (TPSA) is 24.9 Å². The van der Waals surface area contributed by atoms with Crippen molar-refractivity contribution < 1.29 is 0 Å². The molecule has 108 valence electrons. The number of para-hydroxylation sites is 1. The van der Waals surface area contributed by atoms with Gasteiger partial charge in [0, 0.05) is 17.1 Å². The Bertz CT molecular complexity index is 715. The van der Waals surface area contributed by atoms with E-state index in [1.807, 2.05) is 0 Å². The molecule has 0 saturated heterocycles. The van der Waals surface area contributed by atoms with Gasteiger partial charge in [-0.05, 0) is 36.4 Å². The molecule has 0 bridgehead atoms. The van der Waals surface area contributed by atoms with E-state index in [1.54, 1.807) is 11.3 Å². The van der Waals surface area contributed by atoms with Crippen LogP contribution in [0.15, 0.2) is 47.8 Å². The first kappa shape index (κ1) is 14.1. The van der Waals surface area contributed by atoms with Crippen molar-refractivity contribution >= 4 is 27.9 Å². The van der Waals surface area contributed by atoms with Crippen LogP contribution in [-0.2, 0) is 0 Å². The van der Waals surface area contributed by atoms with Crippen LogP contribution in [-0.4, -0.2) is 11.0 Å². The van der Waals surface area contributed by atoms with Crippen LogP contribution in [0.2, 0.25) is 0 Å².